The fourth-order valence-corrected chi connectivity index (χ4v) is 5.82. The number of hydrogen-bond donors (Lipinski definition) is 0. The molecule has 37 heavy (non-hydrogen) atoms. The Labute approximate surface area is 217 Å². The molecule has 1 atom stereocenters. The summed E-state index contributed by atoms with van der Waals surface area (Å²) in [5.74, 6) is 0.945. The zero-order chi connectivity index (χ0) is 26.2. The maximum atomic E-state index is 12.4. The Balaban J connectivity index is 1.69. The van der Waals surface area contributed by atoms with Gasteiger partial charge in [-0.25, -0.2) is 8.42 Å². The van der Waals surface area contributed by atoms with Gasteiger partial charge in [0.1, 0.15) is 15.5 Å². The van der Waals surface area contributed by atoms with E-state index in [1.807, 2.05) is 54.6 Å². The monoisotopic (exact) mass is 514 g/mol. The van der Waals surface area contributed by atoms with Gasteiger partial charge in [-0.3, -0.25) is 9.97 Å². The molecule has 5 rings (SSSR count). The minimum Gasteiger partial charge on any atom is -0.746 e. The normalized spacial score (nSPS) is 13.5. The van der Waals surface area contributed by atoms with Gasteiger partial charge in [-0.1, -0.05) is 39.0 Å². The highest BCUT2D eigenvalue weighted by molar-refractivity contribution is 7.86. The summed E-state index contributed by atoms with van der Waals surface area (Å²) < 4.78 is 43.7. The van der Waals surface area contributed by atoms with E-state index in [1.54, 1.807) is 30.3 Å². The third-order valence-electron chi connectivity index (χ3n) is 6.72. The lowest BCUT2D eigenvalue weighted by molar-refractivity contribution is 0.438. The largest absolute Gasteiger partial charge is 0.746 e. The molecular formula is C29H28N3O4S-. The predicted molar refractivity (Wildman–Crippen MR) is 144 cm³/mol. The number of nitrogens with zero attached hydrogens (tertiary/aromatic N) is 3. The Bertz CT molecular complexity index is 1570. The topological polar surface area (TPSA) is 95.5 Å². The highest BCUT2D eigenvalue weighted by atomic mass is 32.2. The summed E-state index contributed by atoms with van der Waals surface area (Å²) in [4.78, 5) is 10.7. The van der Waals surface area contributed by atoms with Gasteiger partial charge in [-0.15, -0.1) is 0 Å². The molecule has 0 saturated carbocycles. The SMILES string of the molecule is CCc1cccnc1-c1ccc2c(c1)Oc1ccc(-c3ncccc3CC)cc1N2C(CC)S(=O)(=O)[O-]. The van der Waals surface area contributed by atoms with Crippen molar-refractivity contribution in [2.24, 2.45) is 0 Å². The molecule has 0 fully saturated rings. The first-order chi connectivity index (χ1) is 17.9. The van der Waals surface area contributed by atoms with Crippen molar-refractivity contribution in [2.45, 2.75) is 45.4 Å². The molecule has 0 spiro atoms. The van der Waals surface area contributed by atoms with Gasteiger partial charge in [0, 0.05) is 23.5 Å². The van der Waals surface area contributed by atoms with Crippen LogP contribution in [0.3, 0.4) is 0 Å². The minimum atomic E-state index is -4.67. The van der Waals surface area contributed by atoms with Crippen LogP contribution in [0.2, 0.25) is 0 Å². The van der Waals surface area contributed by atoms with Crippen molar-refractivity contribution < 1.29 is 17.7 Å². The van der Waals surface area contributed by atoms with Gasteiger partial charge in [-0.05, 0) is 72.9 Å². The fourth-order valence-electron chi connectivity index (χ4n) is 4.92. The second-order valence-electron chi connectivity index (χ2n) is 8.92. The zero-order valence-corrected chi connectivity index (χ0v) is 21.8. The Hall–Kier alpha value is -3.75. The molecule has 0 bridgehead atoms. The van der Waals surface area contributed by atoms with E-state index in [-0.39, 0.29) is 6.42 Å². The van der Waals surface area contributed by atoms with Crippen molar-refractivity contribution in [3.63, 3.8) is 0 Å². The van der Waals surface area contributed by atoms with Crippen molar-refractivity contribution in [1.29, 1.82) is 0 Å². The van der Waals surface area contributed by atoms with Crippen molar-refractivity contribution in [3.8, 4) is 34.0 Å². The van der Waals surface area contributed by atoms with Crippen LogP contribution >= 0.6 is 0 Å². The second-order valence-corrected chi connectivity index (χ2v) is 10.5. The van der Waals surface area contributed by atoms with Crippen molar-refractivity contribution >= 4 is 21.5 Å². The number of anilines is 2. The van der Waals surface area contributed by atoms with Gasteiger partial charge in [0.2, 0.25) is 0 Å². The molecule has 2 aromatic carbocycles. The molecule has 0 aliphatic carbocycles. The van der Waals surface area contributed by atoms with E-state index >= 15 is 0 Å². The van der Waals surface area contributed by atoms with Gasteiger partial charge in [-0.2, -0.15) is 0 Å². The molecular weight excluding hydrogens is 486 g/mol. The number of aryl methyl sites for hydroxylation is 2. The number of pyridine rings is 2. The van der Waals surface area contributed by atoms with Crippen LogP contribution in [0, 0.1) is 0 Å². The summed E-state index contributed by atoms with van der Waals surface area (Å²) in [7, 11) is -4.67. The number of ether oxygens (including phenoxy) is 1. The van der Waals surface area contributed by atoms with Crippen LogP contribution in [0.15, 0.2) is 73.1 Å². The number of benzene rings is 2. The van der Waals surface area contributed by atoms with Gasteiger partial charge in [0.15, 0.2) is 11.5 Å². The van der Waals surface area contributed by atoms with Crippen LogP contribution in [-0.2, 0) is 23.0 Å². The first-order valence-electron chi connectivity index (χ1n) is 12.4. The summed E-state index contributed by atoms with van der Waals surface area (Å²) in [5, 5.41) is -1.30. The Morgan fingerprint density at radius 2 is 1.41 bits per heavy atom. The molecule has 1 aliphatic rings. The van der Waals surface area contributed by atoms with Gasteiger partial charge in [0.05, 0.1) is 22.8 Å². The van der Waals surface area contributed by atoms with Gasteiger partial charge < -0.3 is 14.2 Å². The third-order valence-corrected chi connectivity index (χ3v) is 7.93. The van der Waals surface area contributed by atoms with E-state index < -0.39 is 15.5 Å². The highest BCUT2D eigenvalue weighted by Crippen LogP contribution is 2.50. The molecule has 0 N–H and O–H groups in total. The summed E-state index contributed by atoms with van der Waals surface area (Å²) in [5.41, 5.74) is 6.54. The van der Waals surface area contributed by atoms with Crippen LogP contribution in [0.5, 0.6) is 11.5 Å². The second kappa shape index (κ2) is 9.95. The van der Waals surface area contributed by atoms with Crippen LogP contribution in [0.1, 0.15) is 38.3 Å². The lowest BCUT2D eigenvalue weighted by Crippen LogP contribution is -2.39. The van der Waals surface area contributed by atoms with Crippen LogP contribution in [-0.4, -0.2) is 28.3 Å². The summed E-state index contributed by atoms with van der Waals surface area (Å²) in [6.07, 6.45) is 5.21. The van der Waals surface area contributed by atoms with Crippen molar-refractivity contribution in [1.82, 2.24) is 9.97 Å². The van der Waals surface area contributed by atoms with E-state index in [0.717, 1.165) is 46.5 Å². The van der Waals surface area contributed by atoms with Crippen LogP contribution in [0.25, 0.3) is 22.5 Å². The first-order valence-corrected chi connectivity index (χ1v) is 13.9. The summed E-state index contributed by atoms with van der Waals surface area (Å²) >= 11 is 0. The first kappa shape index (κ1) is 24.9. The summed E-state index contributed by atoms with van der Waals surface area (Å²) in [6.45, 7) is 5.83. The van der Waals surface area contributed by atoms with Crippen LogP contribution in [0.4, 0.5) is 11.4 Å². The zero-order valence-electron chi connectivity index (χ0n) is 21.0. The highest BCUT2D eigenvalue weighted by Gasteiger charge is 2.33. The molecule has 0 radical (unpaired) electrons. The Morgan fingerprint density at radius 3 is 1.97 bits per heavy atom. The third kappa shape index (κ3) is 4.58. The lowest BCUT2D eigenvalue weighted by Gasteiger charge is -2.39. The van der Waals surface area contributed by atoms with Gasteiger partial charge >= 0.3 is 0 Å². The van der Waals surface area contributed by atoms with Crippen molar-refractivity contribution in [3.05, 3.63) is 84.2 Å². The van der Waals surface area contributed by atoms with E-state index in [1.165, 1.54) is 0 Å². The molecule has 4 aromatic rings. The molecule has 190 valence electrons. The van der Waals surface area contributed by atoms with E-state index in [0.29, 0.717) is 22.9 Å². The molecule has 0 amide bonds. The van der Waals surface area contributed by atoms with Gasteiger partial charge in [0.25, 0.3) is 0 Å². The average Bonchev–Trinajstić information content (AvgIpc) is 2.91. The molecule has 1 unspecified atom stereocenters. The van der Waals surface area contributed by atoms with Crippen LogP contribution < -0.4 is 9.64 Å². The number of aromatic nitrogens is 2. The van der Waals surface area contributed by atoms with E-state index in [2.05, 4.69) is 23.8 Å². The molecule has 3 heterocycles. The average molecular weight is 515 g/mol. The molecule has 0 saturated heterocycles. The Kier molecular flexibility index (Phi) is 6.70. The maximum Gasteiger partial charge on any atom is 0.151 e. The smallest absolute Gasteiger partial charge is 0.151 e. The van der Waals surface area contributed by atoms with Crippen molar-refractivity contribution in [2.75, 3.05) is 4.90 Å². The quantitative estimate of drug-likeness (QED) is 0.261. The van der Waals surface area contributed by atoms with E-state index in [9.17, 15) is 13.0 Å². The fraction of sp³-hybridized carbons (Fsp3) is 0.241. The molecule has 1 aliphatic heterocycles. The predicted octanol–water partition coefficient (Wildman–Crippen LogP) is 6.46. The molecule has 7 nitrogen and oxygen atoms in total. The number of fused-ring (bicyclic) bond motifs is 2. The molecule has 2 aromatic heterocycles. The summed E-state index contributed by atoms with van der Waals surface area (Å²) in [6, 6.07) is 19.0. The number of rotatable bonds is 7. The molecule has 8 heteroatoms. The minimum absolute atomic E-state index is 0.112. The van der Waals surface area contributed by atoms with E-state index in [4.69, 9.17) is 4.74 Å². The number of hydrogen-bond acceptors (Lipinski definition) is 7. The lowest BCUT2D eigenvalue weighted by atomic mass is 10.0. The maximum absolute atomic E-state index is 12.4. The standard InChI is InChI=1S/C29H29N3O4S/c1-4-19-9-7-15-30-28(19)21-12-14-25-24(17-21)32(27(6-3)37(33,34)35)23-13-11-22(18-26(23)36-25)29-20(5-2)10-8-16-31-29/h7-18,27H,4-6H2,1-3H3,(H,33,34,35)/p-1. The Morgan fingerprint density at radius 1 is 0.811 bits per heavy atom.